The largest absolute Gasteiger partial charge is 0.464 e. The molecule has 2 N–H and O–H groups in total. The fourth-order valence-corrected chi connectivity index (χ4v) is 1.40. The predicted octanol–water partition coefficient (Wildman–Crippen LogP) is 2.07. The Hall–Kier alpha value is -2.42. The van der Waals surface area contributed by atoms with Crippen LogP contribution in [0.15, 0.2) is 12.3 Å². The van der Waals surface area contributed by atoms with Gasteiger partial charge in [0.05, 0.1) is 7.11 Å². The molecule has 1 amide bonds. The molecule has 114 valence electrons. The molecule has 6 heteroatoms. The van der Waals surface area contributed by atoms with Crippen molar-refractivity contribution < 1.29 is 19.1 Å². The van der Waals surface area contributed by atoms with Crippen LogP contribution in [0.25, 0.3) is 0 Å². The fourth-order valence-electron chi connectivity index (χ4n) is 1.40. The Morgan fingerprint density at radius 3 is 2.71 bits per heavy atom. The van der Waals surface area contributed by atoms with Crippen LogP contribution in [-0.4, -0.2) is 36.3 Å². The maximum absolute atomic E-state index is 11.4. The summed E-state index contributed by atoms with van der Waals surface area (Å²) in [5.74, 6) is 5.35. The summed E-state index contributed by atoms with van der Waals surface area (Å²) < 4.78 is 9.67. The van der Waals surface area contributed by atoms with E-state index in [2.05, 4.69) is 26.9 Å². The minimum absolute atomic E-state index is 0.355. The number of H-pyrrole nitrogens is 1. The molecule has 6 nitrogen and oxygen atoms in total. The SMILES string of the molecule is COC(=O)c1cc(C#CCCNC(=O)OC(C)(C)C)c[nH]1. The van der Waals surface area contributed by atoms with Gasteiger partial charge >= 0.3 is 12.1 Å². The normalized spacial score (nSPS) is 10.3. The van der Waals surface area contributed by atoms with Gasteiger partial charge in [0.2, 0.25) is 0 Å². The third-order valence-electron chi connectivity index (χ3n) is 2.24. The highest BCUT2D eigenvalue weighted by atomic mass is 16.6. The van der Waals surface area contributed by atoms with Crippen molar-refractivity contribution in [3.63, 3.8) is 0 Å². The number of carbonyl (C=O) groups is 2. The number of aromatic nitrogens is 1. The van der Waals surface area contributed by atoms with Crippen molar-refractivity contribution in [3.05, 3.63) is 23.5 Å². The van der Waals surface area contributed by atoms with E-state index in [4.69, 9.17) is 4.74 Å². The van der Waals surface area contributed by atoms with Crippen LogP contribution >= 0.6 is 0 Å². The molecule has 0 aliphatic rings. The van der Waals surface area contributed by atoms with E-state index in [-0.39, 0.29) is 0 Å². The number of hydrogen-bond acceptors (Lipinski definition) is 4. The summed E-state index contributed by atoms with van der Waals surface area (Å²) in [4.78, 5) is 25.4. The molecule has 0 aromatic carbocycles. The summed E-state index contributed by atoms with van der Waals surface area (Å²) in [6, 6.07) is 1.61. The van der Waals surface area contributed by atoms with Crippen LogP contribution in [0.4, 0.5) is 4.79 Å². The van der Waals surface area contributed by atoms with Gasteiger partial charge in [-0.15, -0.1) is 0 Å². The molecular weight excluding hydrogens is 272 g/mol. The summed E-state index contributed by atoms with van der Waals surface area (Å²) in [6.07, 6.45) is 1.65. The zero-order valence-corrected chi connectivity index (χ0v) is 12.7. The highest BCUT2D eigenvalue weighted by Crippen LogP contribution is 2.06. The van der Waals surface area contributed by atoms with Crippen LogP contribution in [0.1, 0.15) is 43.2 Å². The minimum Gasteiger partial charge on any atom is -0.464 e. The van der Waals surface area contributed by atoms with E-state index in [0.29, 0.717) is 24.2 Å². The first-order chi connectivity index (χ1) is 9.81. The molecule has 0 radical (unpaired) electrons. The van der Waals surface area contributed by atoms with Gasteiger partial charge in [0.1, 0.15) is 11.3 Å². The summed E-state index contributed by atoms with van der Waals surface area (Å²) in [5, 5.41) is 2.61. The molecule has 0 aliphatic heterocycles. The molecule has 0 saturated heterocycles. The van der Waals surface area contributed by atoms with Gasteiger partial charge in [-0.25, -0.2) is 9.59 Å². The first-order valence-electron chi connectivity index (χ1n) is 6.54. The van der Waals surface area contributed by atoms with Crippen molar-refractivity contribution in [1.29, 1.82) is 0 Å². The molecule has 0 spiro atoms. The zero-order chi connectivity index (χ0) is 15.9. The van der Waals surface area contributed by atoms with Gasteiger partial charge in [-0.1, -0.05) is 11.8 Å². The number of amides is 1. The van der Waals surface area contributed by atoms with Crippen LogP contribution in [0.5, 0.6) is 0 Å². The maximum Gasteiger partial charge on any atom is 0.407 e. The van der Waals surface area contributed by atoms with Crippen molar-refractivity contribution in [2.75, 3.05) is 13.7 Å². The third-order valence-corrected chi connectivity index (χ3v) is 2.24. The molecule has 0 saturated carbocycles. The second kappa shape index (κ2) is 7.39. The molecule has 0 atom stereocenters. The number of hydrogen-bond donors (Lipinski definition) is 2. The van der Waals surface area contributed by atoms with Crippen LogP contribution in [-0.2, 0) is 9.47 Å². The molecule has 0 aliphatic carbocycles. The Bertz CT molecular complexity index is 558. The number of nitrogens with one attached hydrogen (secondary N) is 2. The molecular formula is C15H20N2O4. The van der Waals surface area contributed by atoms with Gasteiger partial charge in [-0.2, -0.15) is 0 Å². The molecule has 1 heterocycles. The third kappa shape index (κ3) is 6.52. The van der Waals surface area contributed by atoms with Gasteiger partial charge in [0, 0.05) is 24.7 Å². The second-order valence-corrected chi connectivity index (χ2v) is 5.27. The Morgan fingerprint density at radius 2 is 2.10 bits per heavy atom. The van der Waals surface area contributed by atoms with Crippen LogP contribution in [0, 0.1) is 11.8 Å². The second-order valence-electron chi connectivity index (χ2n) is 5.27. The summed E-state index contributed by atoms with van der Waals surface area (Å²) in [6.45, 7) is 5.81. The number of alkyl carbamates (subject to hydrolysis) is 1. The van der Waals surface area contributed by atoms with Crippen LogP contribution in [0.3, 0.4) is 0 Å². The average molecular weight is 292 g/mol. The van der Waals surface area contributed by atoms with Crippen molar-refractivity contribution in [1.82, 2.24) is 10.3 Å². The predicted molar refractivity (Wildman–Crippen MR) is 77.9 cm³/mol. The van der Waals surface area contributed by atoms with E-state index >= 15 is 0 Å². The Balaban J connectivity index is 2.35. The quantitative estimate of drug-likeness (QED) is 0.508. The zero-order valence-electron chi connectivity index (χ0n) is 12.7. The van der Waals surface area contributed by atoms with Crippen molar-refractivity contribution in [3.8, 4) is 11.8 Å². The minimum atomic E-state index is -0.509. The van der Waals surface area contributed by atoms with Crippen molar-refractivity contribution in [2.24, 2.45) is 0 Å². The lowest BCUT2D eigenvalue weighted by molar-refractivity contribution is 0.0527. The molecule has 0 unspecified atom stereocenters. The Labute approximate surface area is 124 Å². The van der Waals surface area contributed by atoms with Crippen LogP contribution < -0.4 is 5.32 Å². The van der Waals surface area contributed by atoms with Gasteiger partial charge in [0.15, 0.2) is 0 Å². The van der Waals surface area contributed by atoms with Crippen molar-refractivity contribution >= 4 is 12.1 Å². The van der Waals surface area contributed by atoms with E-state index in [1.165, 1.54) is 7.11 Å². The van der Waals surface area contributed by atoms with E-state index < -0.39 is 17.7 Å². The molecule has 0 bridgehead atoms. The Kier molecular flexibility index (Phi) is 5.85. The first kappa shape index (κ1) is 16.6. The highest BCUT2D eigenvalue weighted by molar-refractivity contribution is 5.87. The number of aromatic amines is 1. The lowest BCUT2D eigenvalue weighted by atomic mass is 10.2. The van der Waals surface area contributed by atoms with Crippen molar-refractivity contribution in [2.45, 2.75) is 32.8 Å². The monoisotopic (exact) mass is 292 g/mol. The van der Waals surface area contributed by atoms with E-state index in [9.17, 15) is 9.59 Å². The molecule has 21 heavy (non-hydrogen) atoms. The Morgan fingerprint density at radius 1 is 1.38 bits per heavy atom. The summed E-state index contributed by atoms with van der Waals surface area (Å²) in [7, 11) is 1.32. The number of esters is 1. The maximum atomic E-state index is 11.4. The smallest absolute Gasteiger partial charge is 0.407 e. The fraction of sp³-hybridized carbons (Fsp3) is 0.467. The topological polar surface area (TPSA) is 80.4 Å². The lowest BCUT2D eigenvalue weighted by Gasteiger charge is -2.19. The van der Waals surface area contributed by atoms with Gasteiger partial charge in [0.25, 0.3) is 0 Å². The number of carbonyl (C=O) groups excluding carboxylic acids is 2. The van der Waals surface area contributed by atoms with Gasteiger partial charge in [-0.05, 0) is 26.8 Å². The van der Waals surface area contributed by atoms with Gasteiger partial charge in [-0.3, -0.25) is 0 Å². The average Bonchev–Trinajstić information content (AvgIpc) is 2.84. The summed E-state index contributed by atoms with van der Waals surface area (Å²) in [5.41, 5.74) is 0.534. The first-order valence-corrected chi connectivity index (χ1v) is 6.54. The van der Waals surface area contributed by atoms with E-state index in [1.807, 2.05) is 0 Å². The van der Waals surface area contributed by atoms with Gasteiger partial charge < -0.3 is 19.8 Å². The molecule has 1 aromatic rings. The summed E-state index contributed by atoms with van der Waals surface area (Å²) >= 11 is 0. The van der Waals surface area contributed by atoms with Crippen LogP contribution in [0.2, 0.25) is 0 Å². The molecule has 1 rings (SSSR count). The lowest BCUT2D eigenvalue weighted by Crippen LogP contribution is -2.32. The number of rotatable bonds is 3. The highest BCUT2D eigenvalue weighted by Gasteiger charge is 2.15. The van der Waals surface area contributed by atoms with E-state index in [0.717, 1.165) is 0 Å². The standard InChI is InChI=1S/C15H20N2O4/c1-15(2,3)21-14(19)16-8-6-5-7-11-9-12(17-10-11)13(18)20-4/h9-10,17H,6,8H2,1-4H3,(H,16,19). The molecule has 1 aromatic heterocycles. The number of methoxy groups -OCH3 is 1. The number of ether oxygens (including phenoxy) is 2. The molecule has 0 fully saturated rings. The van der Waals surface area contributed by atoms with E-state index in [1.54, 1.807) is 33.0 Å².